The van der Waals surface area contributed by atoms with Gasteiger partial charge in [0.1, 0.15) is 6.67 Å². The second-order valence-corrected chi connectivity index (χ2v) is 7.83. The average molecular weight is 429 g/mol. The van der Waals surface area contributed by atoms with Crippen molar-refractivity contribution in [3.63, 3.8) is 0 Å². The number of carbonyl (C=O) groups excluding carboxylic acids is 1. The maximum Gasteiger partial charge on any atom is 0.278 e. The van der Waals surface area contributed by atoms with Crippen molar-refractivity contribution >= 4 is 5.91 Å². The summed E-state index contributed by atoms with van der Waals surface area (Å²) < 4.78 is 7.48. The molecule has 0 saturated carbocycles. The van der Waals surface area contributed by atoms with Crippen LogP contribution in [0.4, 0.5) is 0 Å². The molecule has 32 heavy (non-hydrogen) atoms. The standard InChI is InChI=1S/C25H23N3O4/c29-21-12-14-27-23(24(21)30)25(31)26-13-6-7-15-32-16-19-10-4-5-11-20(19)22(28(27)17-26)18-8-2-1-3-9-18/h1-12,14,22,30H,13,15-17H2/b7-6+. The van der Waals surface area contributed by atoms with E-state index >= 15 is 0 Å². The van der Waals surface area contributed by atoms with Crippen molar-refractivity contribution in [3.8, 4) is 5.75 Å². The molecule has 1 atom stereocenters. The second kappa shape index (κ2) is 8.36. The highest BCUT2D eigenvalue weighted by molar-refractivity contribution is 5.96. The topological polar surface area (TPSA) is 75.0 Å². The van der Waals surface area contributed by atoms with Crippen LogP contribution in [0, 0.1) is 0 Å². The van der Waals surface area contributed by atoms with E-state index in [-0.39, 0.29) is 24.3 Å². The number of pyridine rings is 1. The van der Waals surface area contributed by atoms with Crippen molar-refractivity contribution in [1.82, 2.24) is 9.58 Å². The molecule has 0 radical (unpaired) electrons. The third kappa shape index (κ3) is 3.46. The highest BCUT2D eigenvalue weighted by atomic mass is 16.5. The zero-order valence-corrected chi connectivity index (χ0v) is 17.4. The maximum atomic E-state index is 13.2. The summed E-state index contributed by atoms with van der Waals surface area (Å²) in [5.41, 5.74) is 2.48. The minimum absolute atomic E-state index is 0.0242. The van der Waals surface area contributed by atoms with Crippen molar-refractivity contribution in [3.05, 3.63) is 112 Å². The van der Waals surface area contributed by atoms with Crippen LogP contribution in [0.15, 0.2) is 83.8 Å². The summed E-state index contributed by atoms with van der Waals surface area (Å²) in [5.74, 6) is -0.925. The van der Waals surface area contributed by atoms with E-state index in [0.717, 1.165) is 16.7 Å². The molecule has 1 amide bonds. The summed E-state index contributed by atoms with van der Waals surface area (Å²) in [6.07, 6.45) is 5.31. The van der Waals surface area contributed by atoms with Crippen LogP contribution in [-0.2, 0) is 11.3 Å². The molecule has 0 aliphatic carbocycles. The normalized spacial score (nSPS) is 19.4. The van der Waals surface area contributed by atoms with Crippen LogP contribution in [0.5, 0.6) is 5.75 Å². The number of nitrogens with zero attached hydrogens (tertiary/aromatic N) is 3. The third-order valence-corrected chi connectivity index (χ3v) is 5.86. The van der Waals surface area contributed by atoms with Crippen LogP contribution >= 0.6 is 0 Å². The molecular formula is C25H23N3O4. The number of benzene rings is 2. The summed E-state index contributed by atoms with van der Waals surface area (Å²) in [6, 6.07) is 19.1. The fourth-order valence-corrected chi connectivity index (χ4v) is 4.32. The monoisotopic (exact) mass is 429 g/mol. The first-order valence-corrected chi connectivity index (χ1v) is 10.5. The molecule has 0 saturated heterocycles. The SMILES string of the molecule is O=C1c2c(O)c(=O)ccn2N2CN1C/C=C/COCc1ccccc1C2c1ccccc1. The molecule has 3 heterocycles. The molecule has 3 aromatic rings. The lowest BCUT2D eigenvalue weighted by molar-refractivity contribution is 0.0699. The van der Waals surface area contributed by atoms with Gasteiger partial charge in [0, 0.05) is 18.8 Å². The summed E-state index contributed by atoms with van der Waals surface area (Å²) >= 11 is 0. The highest BCUT2D eigenvalue weighted by Crippen LogP contribution is 2.34. The molecule has 2 aliphatic heterocycles. The van der Waals surface area contributed by atoms with E-state index in [4.69, 9.17) is 4.74 Å². The highest BCUT2D eigenvalue weighted by Gasteiger charge is 2.36. The molecule has 2 aromatic carbocycles. The molecule has 0 spiro atoms. The molecule has 1 unspecified atom stereocenters. The predicted octanol–water partition coefficient (Wildman–Crippen LogP) is 2.78. The molecule has 1 aromatic heterocycles. The lowest BCUT2D eigenvalue weighted by Crippen LogP contribution is -2.55. The molecule has 0 fully saturated rings. The summed E-state index contributed by atoms with van der Waals surface area (Å²) in [4.78, 5) is 27.0. The minimum Gasteiger partial charge on any atom is -0.502 e. The number of hydrogen-bond acceptors (Lipinski definition) is 5. The van der Waals surface area contributed by atoms with Gasteiger partial charge in [0.2, 0.25) is 5.43 Å². The van der Waals surface area contributed by atoms with Gasteiger partial charge >= 0.3 is 0 Å². The van der Waals surface area contributed by atoms with Crippen LogP contribution < -0.4 is 10.4 Å². The van der Waals surface area contributed by atoms with E-state index in [9.17, 15) is 14.7 Å². The third-order valence-electron chi connectivity index (χ3n) is 5.86. The number of amides is 1. The first-order chi connectivity index (χ1) is 15.6. The zero-order chi connectivity index (χ0) is 22.1. The Kier molecular flexibility index (Phi) is 5.25. The number of hydrogen-bond donors (Lipinski definition) is 1. The first-order valence-electron chi connectivity index (χ1n) is 10.5. The Hall–Kier alpha value is -3.84. The van der Waals surface area contributed by atoms with Crippen LogP contribution in [0.3, 0.4) is 0 Å². The predicted molar refractivity (Wildman–Crippen MR) is 120 cm³/mol. The Morgan fingerprint density at radius 2 is 1.72 bits per heavy atom. The van der Waals surface area contributed by atoms with E-state index in [0.29, 0.717) is 19.8 Å². The Labute approximate surface area is 185 Å². The first kappa shape index (κ1) is 20.1. The number of carbonyl (C=O) groups is 1. The Bertz CT molecular complexity index is 1240. The Morgan fingerprint density at radius 1 is 0.938 bits per heavy atom. The minimum atomic E-state index is -0.576. The van der Waals surface area contributed by atoms with E-state index < -0.39 is 11.2 Å². The van der Waals surface area contributed by atoms with E-state index in [1.807, 2.05) is 65.7 Å². The van der Waals surface area contributed by atoms with Gasteiger partial charge in [-0.1, -0.05) is 66.7 Å². The van der Waals surface area contributed by atoms with Crippen molar-refractivity contribution in [2.45, 2.75) is 12.6 Å². The van der Waals surface area contributed by atoms with Gasteiger partial charge in [0.05, 0.1) is 19.3 Å². The fraction of sp³-hybridized carbons (Fsp3) is 0.200. The van der Waals surface area contributed by atoms with Gasteiger partial charge < -0.3 is 14.7 Å². The summed E-state index contributed by atoms with van der Waals surface area (Å²) in [6.45, 7) is 1.50. The smallest absolute Gasteiger partial charge is 0.278 e. The van der Waals surface area contributed by atoms with Gasteiger partial charge in [-0.05, 0) is 16.7 Å². The molecule has 2 bridgehead atoms. The molecule has 7 heteroatoms. The van der Waals surface area contributed by atoms with Crippen LogP contribution in [-0.4, -0.2) is 40.4 Å². The molecule has 1 N–H and O–H groups in total. The molecule has 2 aliphatic rings. The van der Waals surface area contributed by atoms with Gasteiger partial charge in [0.25, 0.3) is 5.91 Å². The number of aromatic hydroxyl groups is 1. The quantitative estimate of drug-likeness (QED) is 0.602. The number of fused-ring (bicyclic) bond motifs is 5. The van der Waals surface area contributed by atoms with Gasteiger partial charge in [0.15, 0.2) is 11.4 Å². The Balaban J connectivity index is 1.78. The van der Waals surface area contributed by atoms with Gasteiger partial charge in [-0.25, -0.2) is 0 Å². The largest absolute Gasteiger partial charge is 0.502 e. The van der Waals surface area contributed by atoms with E-state index in [1.165, 1.54) is 6.07 Å². The van der Waals surface area contributed by atoms with Crippen molar-refractivity contribution in [2.75, 3.05) is 24.8 Å². The van der Waals surface area contributed by atoms with Crippen molar-refractivity contribution < 1.29 is 14.6 Å². The summed E-state index contributed by atoms with van der Waals surface area (Å²) in [7, 11) is 0. The lowest BCUT2D eigenvalue weighted by atomic mass is 9.94. The number of ether oxygens (including phenoxy) is 1. The van der Waals surface area contributed by atoms with Gasteiger partial charge in [-0.3, -0.25) is 19.3 Å². The lowest BCUT2D eigenvalue weighted by Gasteiger charge is -2.44. The number of rotatable bonds is 1. The van der Waals surface area contributed by atoms with Crippen LogP contribution in [0.25, 0.3) is 0 Å². The second-order valence-electron chi connectivity index (χ2n) is 7.83. The van der Waals surface area contributed by atoms with Crippen LogP contribution in [0.1, 0.15) is 33.2 Å². The molecule has 7 nitrogen and oxygen atoms in total. The van der Waals surface area contributed by atoms with Crippen molar-refractivity contribution in [1.29, 1.82) is 0 Å². The van der Waals surface area contributed by atoms with Crippen LogP contribution in [0.2, 0.25) is 0 Å². The Morgan fingerprint density at radius 3 is 2.56 bits per heavy atom. The van der Waals surface area contributed by atoms with Crippen molar-refractivity contribution in [2.24, 2.45) is 0 Å². The fourth-order valence-electron chi connectivity index (χ4n) is 4.32. The van der Waals surface area contributed by atoms with E-state index in [1.54, 1.807) is 15.8 Å². The van der Waals surface area contributed by atoms with Gasteiger partial charge in [-0.2, -0.15) is 0 Å². The molecule has 162 valence electrons. The summed E-state index contributed by atoms with van der Waals surface area (Å²) in [5, 5.41) is 12.6. The van der Waals surface area contributed by atoms with E-state index in [2.05, 4.69) is 6.07 Å². The average Bonchev–Trinajstić information content (AvgIpc) is 2.81. The number of aromatic nitrogens is 1. The maximum absolute atomic E-state index is 13.2. The zero-order valence-electron chi connectivity index (χ0n) is 17.4. The molecule has 5 rings (SSSR count). The van der Waals surface area contributed by atoms with Gasteiger partial charge in [-0.15, -0.1) is 0 Å². The molecular weight excluding hydrogens is 406 g/mol.